The van der Waals surface area contributed by atoms with Crippen LogP contribution in [0.5, 0.6) is 0 Å². The minimum atomic E-state index is -0.0663. The molecule has 29 heavy (non-hydrogen) atoms. The molecule has 1 saturated heterocycles. The number of nitrogens with one attached hydrogen (secondary N) is 1. The summed E-state index contributed by atoms with van der Waals surface area (Å²) in [5.74, 6) is 0.160. The first-order valence-corrected chi connectivity index (χ1v) is 10.7. The van der Waals surface area contributed by atoms with Crippen molar-refractivity contribution in [1.82, 2.24) is 4.90 Å². The highest BCUT2D eigenvalue weighted by Crippen LogP contribution is 2.32. The first-order valence-electron chi connectivity index (χ1n) is 9.99. The number of anilines is 1. The van der Waals surface area contributed by atoms with E-state index in [-0.39, 0.29) is 24.0 Å². The van der Waals surface area contributed by atoms with Crippen LogP contribution in [-0.2, 0) is 11.2 Å². The highest BCUT2D eigenvalue weighted by Gasteiger charge is 2.42. The predicted molar refractivity (Wildman–Crippen MR) is 118 cm³/mol. The van der Waals surface area contributed by atoms with Crippen LogP contribution in [-0.4, -0.2) is 28.9 Å². The molecule has 0 aromatic heterocycles. The van der Waals surface area contributed by atoms with Gasteiger partial charge in [-0.1, -0.05) is 55.2 Å². The van der Waals surface area contributed by atoms with Gasteiger partial charge in [0.05, 0.1) is 22.7 Å². The standard InChI is InChI=1S/C23H25Cl2N3O/c1-3-18(4-2)28-22(11-15-7-5-6-8-19(15)24)21(13-23(28)29)27-17-10-9-16(14-26)20(25)12-17/h5-10,12,18,21-22,27H,3-4,11,13H2,1-2H3/t21-,22?/m0/s1. The maximum Gasteiger partial charge on any atom is 0.225 e. The third kappa shape index (κ3) is 4.69. The van der Waals surface area contributed by atoms with Gasteiger partial charge in [-0.2, -0.15) is 5.26 Å². The molecule has 1 heterocycles. The van der Waals surface area contributed by atoms with E-state index in [4.69, 9.17) is 28.5 Å². The normalized spacial score (nSPS) is 18.9. The molecule has 1 N–H and O–H groups in total. The summed E-state index contributed by atoms with van der Waals surface area (Å²) < 4.78 is 0. The number of likely N-dealkylation sites (tertiary alicyclic amines) is 1. The Balaban J connectivity index is 1.91. The van der Waals surface area contributed by atoms with Gasteiger partial charge in [0.25, 0.3) is 0 Å². The predicted octanol–water partition coefficient (Wildman–Crippen LogP) is 5.68. The van der Waals surface area contributed by atoms with E-state index < -0.39 is 0 Å². The summed E-state index contributed by atoms with van der Waals surface area (Å²) in [4.78, 5) is 15.0. The van der Waals surface area contributed by atoms with E-state index in [0.717, 1.165) is 29.1 Å². The average molecular weight is 430 g/mol. The van der Waals surface area contributed by atoms with Gasteiger partial charge in [0.15, 0.2) is 0 Å². The Morgan fingerprint density at radius 3 is 2.52 bits per heavy atom. The molecule has 2 aromatic carbocycles. The first-order chi connectivity index (χ1) is 14.0. The minimum absolute atomic E-state index is 0.0123. The lowest BCUT2D eigenvalue weighted by Gasteiger charge is -2.35. The molecule has 0 saturated carbocycles. The number of carbonyl (C=O) groups excluding carboxylic acids is 1. The molecule has 4 nitrogen and oxygen atoms in total. The summed E-state index contributed by atoms with van der Waals surface area (Å²) in [6, 6.07) is 15.3. The quantitative estimate of drug-likeness (QED) is 0.615. The molecule has 0 bridgehead atoms. The second kappa shape index (κ2) is 9.52. The number of benzene rings is 2. The van der Waals surface area contributed by atoms with E-state index in [1.165, 1.54) is 0 Å². The summed E-state index contributed by atoms with van der Waals surface area (Å²) in [5.41, 5.74) is 2.28. The summed E-state index contributed by atoms with van der Waals surface area (Å²) in [6.07, 6.45) is 2.93. The Morgan fingerprint density at radius 2 is 1.90 bits per heavy atom. The number of halogens is 2. The Labute approximate surface area is 182 Å². The maximum atomic E-state index is 13.0. The van der Waals surface area contributed by atoms with E-state index >= 15 is 0 Å². The Hall–Kier alpha value is -2.22. The Morgan fingerprint density at radius 1 is 1.17 bits per heavy atom. The minimum Gasteiger partial charge on any atom is -0.380 e. The van der Waals surface area contributed by atoms with Gasteiger partial charge >= 0.3 is 0 Å². The van der Waals surface area contributed by atoms with Crippen molar-refractivity contribution in [3.8, 4) is 6.07 Å². The molecule has 0 radical (unpaired) electrons. The molecule has 6 heteroatoms. The number of rotatable bonds is 7. The maximum absolute atomic E-state index is 13.0. The molecular formula is C23H25Cl2N3O. The number of nitriles is 1. The zero-order valence-electron chi connectivity index (χ0n) is 16.7. The van der Waals surface area contributed by atoms with Crippen LogP contribution in [0.4, 0.5) is 5.69 Å². The molecule has 2 atom stereocenters. The number of amides is 1. The van der Waals surface area contributed by atoms with Crippen LogP contribution in [0, 0.1) is 11.3 Å². The third-order valence-corrected chi connectivity index (χ3v) is 6.35. The van der Waals surface area contributed by atoms with E-state index in [2.05, 4.69) is 25.2 Å². The summed E-state index contributed by atoms with van der Waals surface area (Å²) >= 11 is 12.6. The van der Waals surface area contributed by atoms with E-state index in [0.29, 0.717) is 23.4 Å². The first kappa shape index (κ1) is 21.5. The van der Waals surface area contributed by atoms with Gasteiger partial charge in [-0.3, -0.25) is 4.79 Å². The van der Waals surface area contributed by atoms with Gasteiger partial charge in [-0.15, -0.1) is 0 Å². The van der Waals surface area contributed by atoms with Crippen LogP contribution in [0.2, 0.25) is 10.0 Å². The summed E-state index contributed by atoms with van der Waals surface area (Å²) in [6.45, 7) is 4.24. The fourth-order valence-corrected chi connectivity index (χ4v) is 4.59. The van der Waals surface area contributed by atoms with Crippen molar-refractivity contribution in [2.24, 2.45) is 0 Å². The monoisotopic (exact) mass is 429 g/mol. The lowest BCUT2D eigenvalue weighted by atomic mass is 9.98. The number of hydrogen-bond donors (Lipinski definition) is 1. The topological polar surface area (TPSA) is 56.1 Å². The molecular weight excluding hydrogens is 405 g/mol. The molecule has 0 spiro atoms. The van der Waals surface area contributed by atoms with Crippen molar-refractivity contribution in [1.29, 1.82) is 5.26 Å². The van der Waals surface area contributed by atoms with Crippen molar-refractivity contribution in [2.45, 2.75) is 57.7 Å². The molecule has 1 aliphatic heterocycles. The van der Waals surface area contributed by atoms with Crippen LogP contribution in [0.3, 0.4) is 0 Å². The van der Waals surface area contributed by atoms with Crippen LogP contribution in [0.1, 0.15) is 44.2 Å². The molecule has 3 rings (SSSR count). The number of carbonyl (C=O) groups is 1. The van der Waals surface area contributed by atoms with E-state index in [1.807, 2.05) is 35.2 Å². The Bertz CT molecular complexity index is 921. The molecule has 2 aromatic rings. The van der Waals surface area contributed by atoms with Gasteiger partial charge in [-0.05, 0) is 49.1 Å². The van der Waals surface area contributed by atoms with Gasteiger partial charge < -0.3 is 10.2 Å². The van der Waals surface area contributed by atoms with Crippen molar-refractivity contribution in [3.63, 3.8) is 0 Å². The zero-order chi connectivity index (χ0) is 21.0. The molecule has 0 aliphatic carbocycles. The molecule has 152 valence electrons. The SMILES string of the molecule is CCC(CC)N1C(=O)C[C@H](Nc2ccc(C#N)c(Cl)c2)C1Cc1ccccc1Cl. The van der Waals surface area contributed by atoms with Crippen LogP contribution in [0.25, 0.3) is 0 Å². The van der Waals surface area contributed by atoms with Gasteiger partial charge in [0.2, 0.25) is 5.91 Å². The largest absolute Gasteiger partial charge is 0.380 e. The lowest BCUT2D eigenvalue weighted by Crippen LogP contribution is -2.46. The molecule has 1 fully saturated rings. The van der Waals surface area contributed by atoms with Crippen LogP contribution in [0.15, 0.2) is 42.5 Å². The molecule has 1 amide bonds. The second-order valence-electron chi connectivity index (χ2n) is 7.40. The number of hydrogen-bond acceptors (Lipinski definition) is 3. The molecule has 1 unspecified atom stereocenters. The van der Waals surface area contributed by atoms with E-state index in [9.17, 15) is 4.79 Å². The van der Waals surface area contributed by atoms with Crippen molar-refractivity contribution >= 4 is 34.8 Å². The van der Waals surface area contributed by atoms with Crippen molar-refractivity contribution < 1.29 is 4.79 Å². The zero-order valence-corrected chi connectivity index (χ0v) is 18.2. The molecule has 1 aliphatic rings. The Kier molecular flexibility index (Phi) is 7.05. The summed E-state index contributed by atoms with van der Waals surface area (Å²) in [5, 5.41) is 13.7. The fraction of sp³-hybridized carbons (Fsp3) is 0.391. The smallest absolute Gasteiger partial charge is 0.225 e. The number of nitrogens with zero attached hydrogens (tertiary/aromatic N) is 2. The highest BCUT2D eigenvalue weighted by molar-refractivity contribution is 6.32. The highest BCUT2D eigenvalue weighted by atomic mass is 35.5. The summed E-state index contributed by atoms with van der Waals surface area (Å²) in [7, 11) is 0. The lowest BCUT2D eigenvalue weighted by molar-refractivity contribution is -0.131. The fourth-order valence-electron chi connectivity index (χ4n) is 4.15. The van der Waals surface area contributed by atoms with Crippen molar-refractivity contribution in [3.05, 3.63) is 63.6 Å². The van der Waals surface area contributed by atoms with Gasteiger partial charge in [0, 0.05) is 23.2 Å². The van der Waals surface area contributed by atoms with Crippen molar-refractivity contribution in [2.75, 3.05) is 5.32 Å². The second-order valence-corrected chi connectivity index (χ2v) is 8.21. The average Bonchev–Trinajstić information content (AvgIpc) is 3.00. The van der Waals surface area contributed by atoms with Gasteiger partial charge in [0.1, 0.15) is 6.07 Å². The van der Waals surface area contributed by atoms with Gasteiger partial charge in [-0.25, -0.2) is 0 Å². The van der Waals surface area contributed by atoms with E-state index in [1.54, 1.807) is 12.1 Å². The van der Waals surface area contributed by atoms with Crippen LogP contribution >= 0.6 is 23.2 Å². The third-order valence-electron chi connectivity index (χ3n) is 5.67. The van der Waals surface area contributed by atoms with Crippen LogP contribution < -0.4 is 5.32 Å².